The lowest BCUT2D eigenvalue weighted by molar-refractivity contribution is -0.302. The normalized spacial score (nSPS) is 17.7. The molecule has 1 rings (SSSR count). The Morgan fingerprint density at radius 1 is 0.396 bits per heavy atom. The third-order valence-corrected chi connectivity index (χ3v) is 19.0. The number of nitrogens with one attached hydrogen (secondary N) is 1. The molecule has 0 spiro atoms. The Morgan fingerprint density at radius 2 is 0.703 bits per heavy atom. The summed E-state index contributed by atoms with van der Waals surface area (Å²) in [6, 6.07) is -0.806. The van der Waals surface area contributed by atoms with Crippen LogP contribution in [0.4, 0.5) is 0 Å². The molecule has 1 aliphatic heterocycles. The molecular formula is C80H151NO10. The molecule has 0 aromatic rings. The van der Waals surface area contributed by atoms with Crippen LogP contribution in [0.5, 0.6) is 0 Å². The summed E-state index contributed by atoms with van der Waals surface area (Å²) < 4.78 is 16.8. The van der Waals surface area contributed by atoms with Gasteiger partial charge in [0.2, 0.25) is 5.91 Å². The lowest BCUT2D eigenvalue weighted by atomic mass is 9.99. The van der Waals surface area contributed by atoms with Gasteiger partial charge in [-0.15, -0.1) is 0 Å². The fourth-order valence-corrected chi connectivity index (χ4v) is 12.7. The first-order chi connectivity index (χ1) is 44.7. The maximum atomic E-state index is 13.0. The molecule has 7 unspecified atom stereocenters. The average molecular weight is 1290 g/mol. The lowest BCUT2D eigenvalue weighted by Crippen LogP contribution is -2.60. The summed E-state index contributed by atoms with van der Waals surface area (Å²) in [7, 11) is 0. The van der Waals surface area contributed by atoms with Gasteiger partial charge < -0.3 is 45.1 Å². The number of ether oxygens (including phenoxy) is 3. The third kappa shape index (κ3) is 57.8. The van der Waals surface area contributed by atoms with Crippen molar-refractivity contribution in [1.29, 1.82) is 0 Å². The number of allylic oxidation sites excluding steroid dienone is 5. The molecule has 1 aliphatic rings. The predicted molar refractivity (Wildman–Crippen MR) is 384 cm³/mol. The van der Waals surface area contributed by atoms with Crippen molar-refractivity contribution >= 4 is 11.9 Å². The molecule has 1 amide bonds. The van der Waals surface area contributed by atoms with Gasteiger partial charge in [-0.1, -0.05) is 339 Å². The molecule has 0 aliphatic carbocycles. The molecule has 7 atom stereocenters. The number of amides is 1. The minimum absolute atomic E-state index is 0.00845. The highest BCUT2D eigenvalue weighted by Crippen LogP contribution is 2.24. The number of hydrogen-bond donors (Lipinski definition) is 6. The quantitative estimate of drug-likeness (QED) is 0.0195. The zero-order valence-corrected chi connectivity index (χ0v) is 59.8. The topological polar surface area (TPSA) is 175 Å². The summed E-state index contributed by atoms with van der Waals surface area (Å²) in [5.74, 6) is -0.169. The molecule has 1 fully saturated rings. The van der Waals surface area contributed by atoms with Crippen LogP contribution in [0.3, 0.4) is 0 Å². The van der Waals surface area contributed by atoms with Crippen molar-refractivity contribution in [2.45, 2.75) is 442 Å². The number of carbonyl (C=O) groups excluding carboxylic acids is 2. The van der Waals surface area contributed by atoms with E-state index in [2.05, 4.69) is 43.5 Å². The SMILES string of the molecule is CCCCCCCCC/C=C\CCCCCCCC(=O)OCCCCCCCCCCCCCCCCCC/C=C\CCCCCCCCCCCCCCCCCCCC(=O)NC(COC1OC(CO)C(O)C(O)C1O)C(O)/C=C/CCCCCCCCCC. The summed E-state index contributed by atoms with van der Waals surface area (Å²) in [5.41, 5.74) is 0. The number of aliphatic hydroxyl groups is 5. The van der Waals surface area contributed by atoms with Gasteiger partial charge in [0.05, 0.1) is 32.0 Å². The van der Waals surface area contributed by atoms with E-state index >= 15 is 0 Å². The molecule has 0 saturated carbocycles. The van der Waals surface area contributed by atoms with Crippen LogP contribution in [0.2, 0.25) is 0 Å². The lowest BCUT2D eigenvalue weighted by Gasteiger charge is -2.40. The second-order valence-corrected chi connectivity index (χ2v) is 27.8. The summed E-state index contributed by atoms with van der Waals surface area (Å²) in [6.45, 7) is 4.37. The molecule has 0 aromatic heterocycles. The molecule has 0 radical (unpaired) electrons. The Hall–Kier alpha value is -2.12. The van der Waals surface area contributed by atoms with Gasteiger partial charge in [0.1, 0.15) is 24.4 Å². The van der Waals surface area contributed by atoms with Crippen LogP contribution in [0, 0.1) is 0 Å². The molecule has 6 N–H and O–H groups in total. The van der Waals surface area contributed by atoms with Crippen LogP contribution >= 0.6 is 0 Å². The number of rotatable bonds is 71. The van der Waals surface area contributed by atoms with Gasteiger partial charge >= 0.3 is 5.97 Å². The van der Waals surface area contributed by atoms with Crippen molar-refractivity contribution in [3.63, 3.8) is 0 Å². The molecule has 0 bridgehead atoms. The van der Waals surface area contributed by atoms with Crippen molar-refractivity contribution in [2.75, 3.05) is 19.8 Å². The molecule has 11 nitrogen and oxygen atoms in total. The van der Waals surface area contributed by atoms with E-state index in [0.717, 1.165) is 57.8 Å². The Bertz CT molecular complexity index is 1610. The van der Waals surface area contributed by atoms with Crippen molar-refractivity contribution in [3.05, 3.63) is 36.5 Å². The second kappa shape index (κ2) is 69.2. The van der Waals surface area contributed by atoms with Crippen LogP contribution in [-0.2, 0) is 23.8 Å². The zero-order valence-electron chi connectivity index (χ0n) is 59.8. The highest BCUT2D eigenvalue weighted by molar-refractivity contribution is 5.76. The van der Waals surface area contributed by atoms with Gasteiger partial charge in [0, 0.05) is 12.8 Å². The van der Waals surface area contributed by atoms with E-state index < -0.39 is 49.5 Å². The van der Waals surface area contributed by atoms with Gasteiger partial charge in [-0.05, 0) is 83.5 Å². The fraction of sp³-hybridized carbons (Fsp3) is 0.900. The Balaban J connectivity index is 1.86. The van der Waals surface area contributed by atoms with E-state index in [1.807, 2.05) is 6.08 Å². The Kier molecular flexibility index (Phi) is 66.1. The minimum Gasteiger partial charge on any atom is -0.466 e. The monoisotopic (exact) mass is 1290 g/mol. The summed E-state index contributed by atoms with van der Waals surface area (Å²) in [6.07, 6.45) is 80.5. The molecule has 536 valence electrons. The van der Waals surface area contributed by atoms with Crippen molar-refractivity contribution in [1.82, 2.24) is 5.32 Å². The maximum Gasteiger partial charge on any atom is 0.305 e. The number of carbonyl (C=O) groups is 2. The first kappa shape index (κ1) is 86.9. The molecular weight excluding hydrogens is 1130 g/mol. The average Bonchev–Trinajstić information content (AvgIpc) is 1.18. The van der Waals surface area contributed by atoms with Gasteiger partial charge in [0.25, 0.3) is 0 Å². The highest BCUT2D eigenvalue weighted by Gasteiger charge is 2.44. The molecule has 91 heavy (non-hydrogen) atoms. The Morgan fingerprint density at radius 3 is 1.05 bits per heavy atom. The fourth-order valence-electron chi connectivity index (χ4n) is 12.7. The van der Waals surface area contributed by atoms with E-state index in [1.165, 1.54) is 315 Å². The van der Waals surface area contributed by atoms with Crippen molar-refractivity contribution in [2.24, 2.45) is 0 Å². The van der Waals surface area contributed by atoms with Crippen LogP contribution in [0.1, 0.15) is 399 Å². The predicted octanol–water partition coefficient (Wildman–Crippen LogP) is 21.3. The van der Waals surface area contributed by atoms with Gasteiger partial charge in [-0.3, -0.25) is 9.59 Å². The summed E-state index contributed by atoms with van der Waals surface area (Å²) in [5, 5.41) is 54.4. The minimum atomic E-state index is -1.57. The largest absolute Gasteiger partial charge is 0.466 e. The number of unbranched alkanes of at least 4 members (excludes halogenated alkanes) is 53. The van der Waals surface area contributed by atoms with E-state index in [4.69, 9.17) is 14.2 Å². The van der Waals surface area contributed by atoms with Crippen molar-refractivity contribution < 1.29 is 49.3 Å². The molecule has 11 heteroatoms. The smallest absolute Gasteiger partial charge is 0.305 e. The zero-order chi connectivity index (χ0) is 65.8. The molecule has 1 heterocycles. The summed E-state index contributed by atoms with van der Waals surface area (Å²) in [4.78, 5) is 25.1. The maximum absolute atomic E-state index is 13.0. The molecule has 0 aromatic carbocycles. The Labute approximate surface area is 562 Å². The van der Waals surface area contributed by atoms with Gasteiger partial charge in [-0.25, -0.2) is 0 Å². The first-order valence-electron chi connectivity index (χ1n) is 39.8. The van der Waals surface area contributed by atoms with Crippen LogP contribution in [-0.4, -0.2) is 100 Å². The third-order valence-electron chi connectivity index (χ3n) is 19.0. The number of aliphatic hydroxyl groups excluding tert-OH is 5. The first-order valence-corrected chi connectivity index (χ1v) is 39.8. The van der Waals surface area contributed by atoms with Crippen molar-refractivity contribution in [3.8, 4) is 0 Å². The van der Waals surface area contributed by atoms with E-state index in [-0.39, 0.29) is 18.5 Å². The summed E-state index contributed by atoms with van der Waals surface area (Å²) >= 11 is 0. The number of hydrogen-bond acceptors (Lipinski definition) is 10. The molecule has 1 saturated heterocycles. The van der Waals surface area contributed by atoms with Gasteiger partial charge in [-0.2, -0.15) is 0 Å². The van der Waals surface area contributed by atoms with E-state index in [0.29, 0.717) is 19.4 Å². The van der Waals surface area contributed by atoms with E-state index in [9.17, 15) is 35.1 Å². The second-order valence-electron chi connectivity index (χ2n) is 27.8. The van der Waals surface area contributed by atoms with Crippen LogP contribution < -0.4 is 5.32 Å². The van der Waals surface area contributed by atoms with E-state index in [1.54, 1.807) is 6.08 Å². The highest BCUT2D eigenvalue weighted by atomic mass is 16.7. The number of esters is 1. The van der Waals surface area contributed by atoms with Crippen LogP contribution in [0.25, 0.3) is 0 Å². The van der Waals surface area contributed by atoms with Crippen LogP contribution in [0.15, 0.2) is 36.5 Å². The van der Waals surface area contributed by atoms with Gasteiger partial charge in [0.15, 0.2) is 6.29 Å². The standard InChI is InChI=1S/C80H151NO10/c1-3-5-7-9-11-13-15-16-17-42-45-48-52-56-60-64-68-76(85)89-69-65-61-57-53-49-46-43-40-38-36-34-32-30-28-26-24-22-20-18-19-21-23-25-27-29-31-33-35-37-39-41-44-47-51-55-59-63-67-75(84)81-72(71-90-80-79(88)78(87)77(86)74(70-82)91-80)73(83)66-62-58-54-50-14-12-10-8-6-4-2/h17-18,20,42,62,66,72-74,77-80,82-83,86-88H,3-16,19,21-41,43-61,63-65,67-71H2,1-2H3,(H,81,84)/b20-18-,42-17-,66-62+.